The molecule has 1 aromatic heterocycles. The Morgan fingerprint density at radius 2 is 1.67 bits per heavy atom. The molecule has 0 aliphatic rings. The number of aromatic nitrogens is 1. The van der Waals surface area contributed by atoms with Crippen molar-refractivity contribution in [3.05, 3.63) is 42.5 Å². The second-order valence-electron chi connectivity index (χ2n) is 3.75. The number of benzene rings is 2. The maximum absolute atomic E-state index is 9.83. The molecule has 0 fully saturated rings. The lowest BCUT2D eigenvalue weighted by molar-refractivity contribution is 0.479. The van der Waals surface area contributed by atoms with Gasteiger partial charge in [0.15, 0.2) is 0 Å². The van der Waals surface area contributed by atoms with E-state index in [9.17, 15) is 5.11 Å². The summed E-state index contributed by atoms with van der Waals surface area (Å²) in [6.07, 6.45) is 0. The predicted molar refractivity (Wildman–Crippen MR) is 62.1 cm³/mol. The molecular weight excluding hydrogens is 186 g/mol. The fourth-order valence-electron chi connectivity index (χ4n) is 2.22. The van der Waals surface area contributed by atoms with Crippen LogP contribution in [-0.2, 0) is 7.05 Å². The SMILES string of the molecule is Cn1c2ccccc2c2cccc(O)c21. The number of aryl methyl sites for hydroxylation is 1. The van der Waals surface area contributed by atoms with Crippen molar-refractivity contribution in [2.45, 2.75) is 0 Å². The Morgan fingerprint density at radius 1 is 0.933 bits per heavy atom. The van der Waals surface area contributed by atoms with E-state index in [4.69, 9.17) is 0 Å². The van der Waals surface area contributed by atoms with Gasteiger partial charge in [-0.3, -0.25) is 0 Å². The second kappa shape index (κ2) is 2.76. The van der Waals surface area contributed by atoms with Gasteiger partial charge < -0.3 is 9.67 Å². The summed E-state index contributed by atoms with van der Waals surface area (Å²) in [7, 11) is 1.98. The van der Waals surface area contributed by atoms with E-state index in [0.717, 1.165) is 16.4 Å². The van der Waals surface area contributed by atoms with Crippen LogP contribution in [0.15, 0.2) is 42.5 Å². The molecule has 0 spiro atoms. The number of aromatic hydroxyl groups is 1. The average Bonchev–Trinajstić information content (AvgIpc) is 2.55. The zero-order valence-corrected chi connectivity index (χ0v) is 8.44. The molecule has 3 rings (SSSR count). The van der Waals surface area contributed by atoms with Gasteiger partial charge in [-0.25, -0.2) is 0 Å². The standard InChI is InChI=1S/C13H11NO/c1-14-11-7-3-2-5-9(11)10-6-4-8-12(15)13(10)14/h2-8,15H,1H3. The van der Waals surface area contributed by atoms with Crippen LogP contribution < -0.4 is 0 Å². The fraction of sp³-hybridized carbons (Fsp3) is 0.0769. The molecule has 0 bridgehead atoms. The monoisotopic (exact) mass is 197 g/mol. The summed E-state index contributed by atoms with van der Waals surface area (Å²) in [6, 6.07) is 13.8. The molecule has 3 aromatic rings. The van der Waals surface area contributed by atoms with Gasteiger partial charge in [-0.05, 0) is 12.1 Å². The van der Waals surface area contributed by atoms with Gasteiger partial charge in [0.05, 0.1) is 5.52 Å². The fourth-order valence-corrected chi connectivity index (χ4v) is 2.22. The molecule has 0 unspecified atom stereocenters. The quantitative estimate of drug-likeness (QED) is 0.588. The highest BCUT2D eigenvalue weighted by molar-refractivity contribution is 6.09. The molecule has 2 heteroatoms. The van der Waals surface area contributed by atoms with Crippen molar-refractivity contribution in [2.75, 3.05) is 0 Å². The molecule has 15 heavy (non-hydrogen) atoms. The second-order valence-corrected chi connectivity index (χ2v) is 3.75. The van der Waals surface area contributed by atoms with Crippen LogP contribution in [0, 0.1) is 0 Å². The molecule has 0 aliphatic carbocycles. The molecule has 0 radical (unpaired) electrons. The van der Waals surface area contributed by atoms with Crippen LogP contribution in [0.3, 0.4) is 0 Å². The molecular formula is C13H11NO. The van der Waals surface area contributed by atoms with E-state index in [1.54, 1.807) is 6.07 Å². The van der Waals surface area contributed by atoms with E-state index in [2.05, 4.69) is 12.1 Å². The number of fused-ring (bicyclic) bond motifs is 3. The van der Waals surface area contributed by atoms with Crippen molar-refractivity contribution < 1.29 is 5.11 Å². The Kier molecular flexibility index (Phi) is 1.54. The first-order valence-electron chi connectivity index (χ1n) is 4.94. The summed E-state index contributed by atoms with van der Waals surface area (Å²) < 4.78 is 2.03. The third-order valence-corrected chi connectivity index (χ3v) is 2.91. The molecule has 1 heterocycles. The minimum atomic E-state index is 0.339. The highest BCUT2D eigenvalue weighted by Gasteiger charge is 2.09. The zero-order chi connectivity index (χ0) is 10.4. The summed E-state index contributed by atoms with van der Waals surface area (Å²) in [5.74, 6) is 0.339. The van der Waals surface area contributed by atoms with Crippen LogP contribution in [0.25, 0.3) is 21.8 Å². The third kappa shape index (κ3) is 0.988. The van der Waals surface area contributed by atoms with Gasteiger partial charge in [-0.2, -0.15) is 0 Å². The Balaban J connectivity index is 2.69. The Labute approximate surface area is 87.4 Å². The van der Waals surface area contributed by atoms with E-state index in [-0.39, 0.29) is 0 Å². The number of nitrogens with zero attached hydrogens (tertiary/aromatic N) is 1. The lowest BCUT2D eigenvalue weighted by Crippen LogP contribution is -1.86. The van der Waals surface area contributed by atoms with E-state index in [0.29, 0.717) is 5.75 Å². The van der Waals surface area contributed by atoms with Crippen molar-refractivity contribution in [2.24, 2.45) is 7.05 Å². The Hall–Kier alpha value is -1.96. The maximum Gasteiger partial charge on any atom is 0.139 e. The van der Waals surface area contributed by atoms with Crippen molar-refractivity contribution in [1.29, 1.82) is 0 Å². The molecule has 74 valence electrons. The van der Waals surface area contributed by atoms with Gasteiger partial charge in [-0.15, -0.1) is 0 Å². The van der Waals surface area contributed by atoms with Crippen LogP contribution >= 0.6 is 0 Å². The van der Waals surface area contributed by atoms with Crippen molar-refractivity contribution in [1.82, 2.24) is 4.57 Å². The summed E-state index contributed by atoms with van der Waals surface area (Å²) in [5, 5.41) is 12.1. The number of phenols is 1. The molecule has 0 amide bonds. The number of hydrogen-bond donors (Lipinski definition) is 1. The Morgan fingerprint density at radius 3 is 2.53 bits per heavy atom. The lowest BCUT2D eigenvalue weighted by atomic mass is 10.1. The van der Waals surface area contributed by atoms with Gasteiger partial charge in [-0.1, -0.05) is 30.3 Å². The van der Waals surface area contributed by atoms with Gasteiger partial charge >= 0.3 is 0 Å². The molecule has 2 nitrogen and oxygen atoms in total. The minimum absolute atomic E-state index is 0.339. The normalized spacial score (nSPS) is 11.3. The van der Waals surface area contributed by atoms with Gasteiger partial charge in [0, 0.05) is 23.3 Å². The summed E-state index contributed by atoms with van der Waals surface area (Å²) in [6.45, 7) is 0. The summed E-state index contributed by atoms with van der Waals surface area (Å²) in [5.41, 5.74) is 2.05. The Bertz CT molecular complexity index is 652. The summed E-state index contributed by atoms with van der Waals surface area (Å²) >= 11 is 0. The van der Waals surface area contributed by atoms with Crippen molar-refractivity contribution in [3.63, 3.8) is 0 Å². The van der Waals surface area contributed by atoms with Crippen LogP contribution in [-0.4, -0.2) is 9.67 Å². The molecule has 2 aromatic carbocycles. The molecule has 0 atom stereocenters. The first-order valence-corrected chi connectivity index (χ1v) is 4.94. The lowest BCUT2D eigenvalue weighted by Gasteiger charge is -1.99. The van der Waals surface area contributed by atoms with E-state index < -0.39 is 0 Å². The highest BCUT2D eigenvalue weighted by atomic mass is 16.3. The summed E-state index contributed by atoms with van der Waals surface area (Å²) in [4.78, 5) is 0. The first kappa shape index (κ1) is 8.36. The van der Waals surface area contributed by atoms with Gasteiger partial charge in [0.2, 0.25) is 0 Å². The molecule has 0 saturated carbocycles. The van der Waals surface area contributed by atoms with Gasteiger partial charge in [0.1, 0.15) is 5.75 Å². The van der Waals surface area contributed by atoms with E-state index in [1.165, 1.54) is 5.39 Å². The smallest absolute Gasteiger partial charge is 0.139 e. The number of para-hydroxylation sites is 2. The topological polar surface area (TPSA) is 25.2 Å². The third-order valence-electron chi connectivity index (χ3n) is 2.91. The molecule has 0 saturated heterocycles. The zero-order valence-electron chi connectivity index (χ0n) is 8.44. The van der Waals surface area contributed by atoms with Crippen LogP contribution in [0.4, 0.5) is 0 Å². The van der Waals surface area contributed by atoms with Crippen molar-refractivity contribution in [3.8, 4) is 5.75 Å². The minimum Gasteiger partial charge on any atom is -0.506 e. The molecule has 0 aliphatic heterocycles. The van der Waals surface area contributed by atoms with E-state index >= 15 is 0 Å². The first-order chi connectivity index (χ1) is 7.29. The largest absolute Gasteiger partial charge is 0.506 e. The number of phenolic OH excluding ortho intramolecular Hbond substituents is 1. The maximum atomic E-state index is 9.83. The van der Waals surface area contributed by atoms with Crippen LogP contribution in [0.2, 0.25) is 0 Å². The van der Waals surface area contributed by atoms with E-state index in [1.807, 2.05) is 35.9 Å². The van der Waals surface area contributed by atoms with Crippen LogP contribution in [0.1, 0.15) is 0 Å². The van der Waals surface area contributed by atoms with Gasteiger partial charge in [0.25, 0.3) is 0 Å². The number of rotatable bonds is 0. The predicted octanol–water partition coefficient (Wildman–Crippen LogP) is 3.04. The highest BCUT2D eigenvalue weighted by Crippen LogP contribution is 2.32. The number of hydrogen-bond acceptors (Lipinski definition) is 1. The van der Waals surface area contributed by atoms with Crippen molar-refractivity contribution >= 4 is 21.8 Å². The molecule has 1 N–H and O–H groups in total. The average molecular weight is 197 g/mol. The van der Waals surface area contributed by atoms with Crippen LogP contribution in [0.5, 0.6) is 5.75 Å².